The van der Waals surface area contributed by atoms with Crippen molar-refractivity contribution in [3.8, 4) is 0 Å². The fourth-order valence-corrected chi connectivity index (χ4v) is 3.67. The Balaban J connectivity index is 0.00000225. The molecule has 2 N–H and O–H groups in total. The monoisotopic (exact) mass is 541 g/mol. The number of carbonyl (C=O) groups excluding carboxylic acids is 2. The summed E-state index contributed by atoms with van der Waals surface area (Å²) >= 11 is 0. The van der Waals surface area contributed by atoms with Crippen LogP contribution < -0.4 is 43.8 Å². The first-order valence-electron chi connectivity index (χ1n) is 9.51. The summed E-state index contributed by atoms with van der Waals surface area (Å²) in [7, 11) is 0. The normalized spacial score (nSPS) is 19.0. The molecular weight excluding hydrogens is 518 g/mol. The molecule has 0 spiro atoms. The zero-order chi connectivity index (χ0) is 20.1. The molecule has 1 aliphatic rings. The summed E-state index contributed by atoms with van der Waals surface area (Å²) in [5, 5.41) is 10.7. The first-order valence-corrected chi connectivity index (χ1v) is 9.51. The fourth-order valence-electron chi connectivity index (χ4n) is 3.67. The minimum absolute atomic E-state index is 0. The zero-order valence-electron chi connectivity index (χ0n) is 16.6. The third-order valence-corrected chi connectivity index (χ3v) is 5.47. The molecule has 1 fully saturated rings. The van der Waals surface area contributed by atoms with Gasteiger partial charge in [0.25, 0.3) is 5.69 Å². The second-order valence-electron chi connectivity index (χ2n) is 7.26. The van der Waals surface area contributed by atoms with E-state index in [4.69, 9.17) is 0 Å². The number of rotatable bonds is 7. The molecule has 1 atom stereocenters. The van der Waals surface area contributed by atoms with Crippen molar-refractivity contribution < 1.29 is 58.3 Å². The van der Waals surface area contributed by atoms with Crippen LogP contribution in [0, 0.1) is 10.1 Å². The van der Waals surface area contributed by atoms with E-state index in [1.54, 1.807) is 0 Å². The van der Waals surface area contributed by atoms with Gasteiger partial charge in [-0.1, -0.05) is 30.3 Å². The highest BCUT2D eigenvalue weighted by Crippen LogP contribution is 2.11. The van der Waals surface area contributed by atoms with Crippen molar-refractivity contribution >= 4 is 17.3 Å². The summed E-state index contributed by atoms with van der Waals surface area (Å²) in [6, 6.07) is 15.0. The van der Waals surface area contributed by atoms with Gasteiger partial charge < -0.3 is 43.8 Å². The van der Waals surface area contributed by atoms with Crippen LogP contribution in [0.15, 0.2) is 54.6 Å². The Hall–Kier alpha value is -1.94. The van der Waals surface area contributed by atoms with E-state index in [9.17, 15) is 19.7 Å². The van der Waals surface area contributed by atoms with E-state index in [0.29, 0.717) is 12.1 Å². The van der Waals surface area contributed by atoms with Crippen LogP contribution in [0.2, 0.25) is 0 Å². The van der Waals surface area contributed by atoms with Crippen LogP contribution in [0.25, 0.3) is 0 Å². The molecule has 1 saturated heterocycles. The van der Waals surface area contributed by atoms with Crippen molar-refractivity contribution in [3.63, 3.8) is 0 Å². The third kappa shape index (κ3) is 6.53. The Morgan fingerprint density at radius 1 is 0.933 bits per heavy atom. The van der Waals surface area contributed by atoms with E-state index in [-0.39, 0.29) is 57.3 Å². The first kappa shape index (κ1) is 26.1. The first-order chi connectivity index (χ1) is 13.5. The van der Waals surface area contributed by atoms with Gasteiger partial charge in [0, 0.05) is 23.3 Å². The number of nitrogens with zero attached hydrogens (tertiary/aromatic N) is 1. The molecule has 3 rings (SSSR count). The van der Waals surface area contributed by atoms with Crippen molar-refractivity contribution in [1.29, 1.82) is 0 Å². The predicted molar refractivity (Wildman–Crippen MR) is 104 cm³/mol. The lowest BCUT2D eigenvalue weighted by molar-refractivity contribution is -1.01. The Labute approximate surface area is 196 Å². The van der Waals surface area contributed by atoms with Crippen LogP contribution in [0.4, 0.5) is 5.69 Å². The molecule has 162 valence electrons. The number of quaternary nitrogens is 2. The molecule has 1 heterocycles. The molecule has 2 aromatic rings. The quantitative estimate of drug-likeness (QED) is 0.207. The number of carbonyl (C=O) groups is 2. The van der Waals surface area contributed by atoms with E-state index >= 15 is 0 Å². The highest BCUT2D eigenvalue weighted by atomic mass is 79.9. The highest BCUT2D eigenvalue weighted by Gasteiger charge is 2.32. The van der Waals surface area contributed by atoms with Crippen LogP contribution in [-0.2, 0) is 0 Å². The molecule has 1 aliphatic heterocycles. The molecule has 1 unspecified atom stereocenters. The molecule has 2 aromatic carbocycles. The maximum atomic E-state index is 12.6. The molecule has 0 radical (unpaired) electrons. The Kier molecular flexibility index (Phi) is 10.5. The molecule has 7 nitrogen and oxygen atoms in total. The van der Waals surface area contributed by atoms with Crippen molar-refractivity contribution in [2.24, 2.45) is 0 Å². The van der Waals surface area contributed by atoms with Crippen molar-refractivity contribution in [1.82, 2.24) is 0 Å². The number of hydrogen-bond acceptors (Lipinski definition) is 4. The molecule has 30 heavy (non-hydrogen) atoms. The summed E-state index contributed by atoms with van der Waals surface area (Å²) < 4.78 is 0. The summed E-state index contributed by atoms with van der Waals surface area (Å²) in [5.41, 5.74) is 1.23. The lowest BCUT2D eigenvalue weighted by atomic mass is 10.0. The minimum atomic E-state index is -0.473. The number of nitrogens with one attached hydrogen (secondary N) is 2. The van der Waals surface area contributed by atoms with Gasteiger partial charge in [-0.25, -0.2) is 0 Å². The van der Waals surface area contributed by atoms with Gasteiger partial charge >= 0.3 is 0 Å². The van der Waals surface area contributed by atoms with Gasteiger partial charge in [0.15, 0.2) is 0 Å². The number of benzene rings is 2. The Morgan fingerprint density at radius 3 is 2.03 bits per heavy atom. The van der Waals surface area contributed by atoms with Crippen LogP contribution in [0.1, 0.15) is 27.6 Å². The number of hydrogen-bond donors (Lipinski definition) is 2. The number of nitro benzene ring substituents is 1. The van der Waals surface area contributed by atoms with E-state index in [0.717, 1.165) is 31.7 Å². The molecule has 9 heteroatoms. The van der Waals surface area contributed by atoms with Crippen LogP contribution in [0.3, 0.4) is 0 Å². The van der Waals surface area contributed by atoms with Gasteiger partial charge in [0.05, 0.1) is 4.92 Å². The SMILES string of the molecule is CC(C(=O)c1ccccc1)[NH+]1CC[NH+](CC(=O)c2ccc([N+](=O)[O-])cc2)CC1.[Br-].[Br-]. The van der Waals surface area contributed by atoms with E-state index in [2.05, 4.69) is 0 Å². The predicted octanol–water partition coefficient (Wildman–Crippen LogP) is -6.16. The van der Waals surface area contributed by atoms with Gasteiger partial charge in [0.1, 0.15) is 38.8 Å². The second kappa shape index (κ2) is 12.0. The largest absolute Gasteiger partial charge is 1.00 e. The van der Waals surface area contributed by atoms with Crippen LogP contribution >= 0.6 is 0 Å². The molecule has 0 amide bonds. The standard InChI is InChI=1S/C21H23N3O4.2BrH/c1-16(21(26)18-5-3-2-4-6-18)23-13-11-22(12-14-23)15-20(25)17-7-9-19(10-8-17)24(27)28;;/h2-10,16H,11-15H2,1H3;2*1H. The lowest BCUT2D eigenvalue weighted by Crippen LogP contribution is -3.30. The van der Waals surface area contributed by atoms with Gasteiger partial charge in [-0.15, -0.1) is 0 Å². The van der Waals surface area contributed by atoms with Crippen LogP contribution in [-0.4, -0.2) is 55.3 Å². The minimum Gasteiger partial charge on any atom is -1.00 e. The van der Waals surface area contributed by atoms with Crippen molar-refractivity contribution in [2.75, 3.05) is 32.7 Å². The third-order valence-electron chi connectivity index (χ3n) is 5.47. The highest BCUT2D eigenvalue weighted by molar-refractivity contribution is 5.99. The molecule has 0 aromatic heterocycles. The van der Waals surface area contributed by atoms with Crippen LogP contribution in [0.5, 0.6) is 0 Å². The topological polar surface area (TPSA) is 86.2 Å². The summed E-state index contributed by atoms with van der Waals surface area (Å²) in [5.74, 6) is 0.141. The molecule has 0 saturated carbocycles. The molecule has 0 aliphatic carbocycles. The number of Topliss-reactive ketones (excluding diaryl/α,β-unsaturated/α-hetero) is 2. The summed E-state index contributed by atoms with van der Waals surface area (Å²) in [4.78, 5) is 37.8. The maximum absolute atomic E-state index is 12.6. The smallest absolute Gasteiger partial charge is 0.269 e. The van der Waals surface area contributed by atoms with E-state index in [1.807, 2.05) is 37.3 Å². The number of piperazine rings is 1. The van der Waals surface area contributed by atoms with Gasteiger partial charge in [-0.3, -0.25) is 19.7 Å². The average Bonchev–Trinajstić information content (AvgIpc) is 2.74. The molecular formula is C21H25Br2N3O4. The lowest BCUT2D eigenvalue weighted by Gasteiger charge is -2.32. The number of ketones is 2. The van der Waals surface area contributed by atoms with Gasteiger partial charge in [-0.05, 0) is 19.1 Å². The Morgan fingerprint density at radius 2 is 1.50 bits per heavy atom. The van der Waals surface area contributed by atoms with Crippen molar-refractivity contribution in [2.45, 2.75) is 13.0 Å². The summed E-state index contributed by atoms with van der Waals surface area (Å²) in [6.07, 6.45) is 0. The number of nitro groups is 1. The van der Waals surface area contributed by atoms with E-state index < -0.39 is 4.92 Å². The Bertz CT molecular complexity index is 854. The zero-order valence-corrected chi connectivity index (χ0v) is 19.8. The number of halogens is 2. The maximum Gasteiger partial charge on any atom is 0.269 e. The van der Waals surface area contributed by atoms with Crippen molar-refractivity contribution in [3.05, 3.63) is 75.8 Å². The van der Waals surface area contributed by atoms with E-state index in [1.165, 1.54) is 34.1 Å². The fraction of sp³-hybridized carbons (Fsp3) is 0.333. The summed E-state index contributed by atoms with van der Waals surface area (Å²) in [6.45, 7) is 5.65. The van der Waals surface area contributed by atoms with Gasteiger partial charge in [-0.2, -0.15) is 0 Å². The van der Waals surface area contributed by atoms with Gasteiger partial charge in [0.2, 0.25) is 11.6 Å². The number of non-ortho nitro benzene ring substituents is 1. The average molecular weight is 543 g/mol. The molecule has 0 bridgehead atoms. The second-order valence-corrected chi connectivity index (χ2v) is 7.26.